The number of hydrogen-bond donors (Lipinski definition) is 3. The van der Waals surface area contributed by atoms with Crippen LogP contribution in [0.25, 0.3) is 0 Å². The average molecular weight is 211 g/mol. The first-order chi connectivity index (χ1) is 5.72. The number of carbonyl (C=O) groups is 2. The minimum atomic E-state index is -4.41. The largest absolute Gasteiger partial charge is 0.332 e. The number of nitrogens with zero attached hydrogens (tertiary/aromatic N) is 1. The van der Waals surface area contributed by atoms with E-state index in [4.69, 9.17) is 15.0 Å². The molecule has 13 heavy (non-hydrogen) atoms. The minimum Gasteiger partial charge on any atom is -0.324 e. The molecule has 0 heterocycles. The molecule has 0 aliphatic heterocycles. The summed E-state index contributed by atoms with van der Waals surface area (Å²) in [5, 5.41) is 8.70. The SMILES string of the molecule is CN(O)C(=O)CC(=O)CP(=O)(O)O. The third-order valence-electron chi connectivity index (χ3n) is 1.09. The smallest absolute Gasteiger partial charge is 0.324 e. The second-order valence-electron chi connectivity index (χ2n) is 2.46. The summed E-state index contributed by atoms with van der Waals surface area (Å²) < 4.78 is 10.3. The molecule has 0 saturated heterocycles. The number of hydroxylamine groups is 2. The summed E-state index contributed by atoms with van der Waals surface area (Å²) in [6.45, 7) is 0. The van der Waals surface area contributed by atoms with Crippen LogP contribution in [0.5, 0.6) is 0 Å². The molecule has 0 aromatic carbocycles. The molecule has 0 aromatic heterocycles. The Morgan fingerprint density at radius 2 is 1.85 bits per heavy atom. The summed E-state index contributed by atoms with van der Waals surface area (Å²) in [7, 11) is -3.39. The second kappa shape index (κ2) is 4.48. The highest BCUT2D eigenvalue weighted by Gasteiger charge is 2.21. The zero-order chi connectivity index (χ0) is 10.6. The molecule has 1 amide bonds. The van der Waals surface area contributed by atoms with Crippen molar-refractivity contribution in [3.8, 4) is 0 Å². The summed E-state index contributed by atoms with van der Waals surface area (Å²) in [5.41, 5.74) is 0. The van der Waals surface area contributed by atoms with Crippen molar-refractivity contribution >= 4 is 19.3 Å². The zero-order valence-corrected chi connectivity index (χ0v) is 7.77. The van der Waals surface area contributed by atoms with E-state index in [0.29, 0.717) is 0 Å². The summed E-state index contributed by atoms with van der Waals surface area (Å²) in [6.07, 6.45) is -1.69. The molecule has 0 aliphatic carbocycles. The number of ketones is 1. The van der Waals surface area contributed by atoms with Gasteiger partial charge in [-0.2, -0.15) is 0 Å². The third-order valence-corrected chi connectivity index (χ3v) is 1.86. The first kappa shape index (κ1) is 12.2. The Hall–Kier alpha value is -0.750. The third kappa shape index (κ3) is 6.41. The summed E-state index contributed by atoms with van der Waals surface area (Å²) in [5.74, 6) is -1.81. The van der Waals surface area contributed by atoms with Crippen LogP contribution >= 0.6 is 7.60 Å². The lowest BCUT2D eigenvalue weighted by Crippen LogP contribution is -2.25. The van der Waals surface area contributed by atoms with Crippen LogP contribution in [0.15, 0.2) is 0 Å². The lowest BCUT2D eigenvalue weighted by molar-refractivity contribution is -0.160. The maximum absolute atomic E-state index is 10.7. The molecule has 76 valence electrons. The Kier molecular flexibility index (Phi) is 4.22. The Morgan fingerprint density at radius 3 is 2.15 bits per heavy atom. The van der Waals surface area contributed by atoms with Crippen LogP contribution in [0.4, 0.5) is 0 Å². The fourth-order valence-electron chi connectivity index (χ4n) is 0.569. The highest BCUT2D eigenvalue weighted by molar-refractivity contribution is 7.52. The monoisotopic (exact) mass is 211 g/mol. The van der Waals surface area contributed by atoms with Crippen LogP contribution in [0.1, 0.15) is 6.42 Å². The molecule has 0 unspecified atom stereocenters. The molecular formula is C5H10NO6P. The molecule has 0 rings (SSSR count). The van der Waals surface area contributed by atoms with E-state index >= 15 is 0 Å². The quantitative estimate of drug-likeness (QED) is 0.237. The summed E-state index contributed by atoms with van der Waals surface area (Å²) in [4.78, 5) is 38.0. The molecule has 0 atom stereocenters. The van der Waals surface area contributed by atoms with E-state index in [1.807, 2.05) is 0 Å². The van der Waals surface area contributed by atoms with E-state index < -0.39 is 31.9 Å². The molecule has 0 aromatic rings. The van der Waals surface area contributed by atoms with Gasteiger partial charge in [0, 0.05) is 7.05 Å². The van der Waals surface area contributed by atoms with Crippen LogP contribution in [0.3, 0.4) is 0 Å². The van der Waals surface area contributed by atoms with Crippen molar-refractivity contribution in [1.29, 1.82) is 0 Å². The molecule has 0 bridgehead atoms. The number of hydrogen-bond acceptors (Lipinski definition) is 4. The fraction of sp³-hybridized carbons (Fsp3) is 0.600. The van der Waals surface area contributed by atoms with Crippen molar-refractivity contribution in [2.45, 2.75) is 6.42 Å². The van der Waals surface area contributed by atoms with Gasteiger partial charge in [-0.1, -0.05) is 0 Å². The van der Waals surface area contributed by atoms with Crippen molar-refractivity contribution in [2.75, 3.05) is 13.2 Å². The van der Waals surface area contributed by atoms with E-state index in [1.165, 1.54) is 0 Å². The van der Waals surface area contributed by atoms with Crippen LogP contribution < -0.4 is 0 Å². The zero-order valence-electron chi connectivity index (χ0n) is 6.88. The van der Waals surface area contributed by atoms with E-state index in [9.17, 15) is 14.2 Å². The molecule has 0 spiro atoms. The molecule has 0 fully saturated rings. The predicted molar refractivity (Wildman–Crippen MR) is 41.1 cm³/mol. The molecule has 7 nitrogen and oxygen atoms in total. The Morgan fingerprint density at radius 1 is 1.38 bits per heavy atom. The van der Waals surface area contributed by atoms with Gasteiger partial charge in [-0.3, -0.25) is 19.4 Å². The molecular weight excluding hydrogens is 201 g/mol. The van der Waals surface area contributed by atoms with E-state index in [1.54, 1.807) is 0 Å². The predicted octanol–water partition coefficient (Wildman–Crippen LogP) is -1.03. The highest BCUT2D eigenvalue weighted by atomic mass is 31.2. The second-order valence-corrected chi connectivity index (χ2v) is 4.10. The first-order valence-electron chi connectivity index (χ1n) is 3.24. The topological polar surface area (TPSA) is 115 Å². The molecule has 0 radical (unpaired) electrons. The van der Waals surface area contributed by atoms with Crippen LogP contribution in [-0.4, -0.2) is 45.0 Å². The maximum Gasteiger partial charge on any atom is 0.332 e. The molecule has 0 saturated carbocycles. The first-order valence-corrected chi connectivity index (χ1v) is 5.04. The normalized spacial score (nSPS) is 11.1. The Bertz CT molecular complexity index is 256. The fourth-order valence-corrected chi connectivity index (χ4v) is 1.14. The summed E-state index contributed by atoms with van der Waals surface area (Å²) >= 11 is 0. The number of Topliss-reactive ketones (excluding diaryl/α,β-unsaturated/α-hetero) is 1. The summed E-state index contributed by atoms with van der Waals surface area (Å²) in [6, 6.07) is 0. The van der Waals surface area contributed by atoms with Crippen molar-refractivity contribution in [1.82, 2.24) is 5.06 Å². The maximum atomic E-state index is 10.7. The van der Waals surface area contributed by atoms with Gasteiger partial charge < -0.3 is 9.79 Å². The molecule has 8 heteroatoms. The van der Waals surface area contributed by atoms with E-state index in [0.717, 1.165) is 7.05 Å². The van der Waals surface area contributed by atoms with Crippen LogP contribution in [0.2, 0.25) is 0 Å². The van der Waals surface area contributed by atoms with Gasteiger partial charge in [0.05, 0.1) is 6.42 Å². The standard InChI is InChI=1S/C5H10NO6P/c1-6(9)5(8)2-4(7)3-13(10,11)12/h9H,2-3H2,1H3,(H2,10,11,12). The van der Waals surface area contributed by atoms with Gasteiger partial charge in [0.2, 0.25) is 0 Å². The van der Waals surface area contributed by atoms with Crippen LogP contribution in [-0.2, 0) is 14.2 Å². The Labute approximate surface area is 74.1 Å². The minimum absolute atomic E-state index is 0.192. The van der Waals surface area contributed by atoms with E-state index in [2.05, 4.69) is 0 Å². The van der Waals surface area contributed by atoms with Gasteiger partial charge in [0.15, 0.2) is 5.78 Å². The van der Waals surface area contributed by atoms with Gasteiger partial charge in [-0.15, -0.1) is 0 Å². The average Bonchev–Trinajstić information content (AvgIpc) is 1.81. The van der Waals surface area contributed by atoms with Crippen LogP contribution in [0, 0.1) is 0 Å². The number of carbonyl (C=O) groups excluding carboxylic acids is 2. The highest BCUT2D eigenvalue weighted by Crippen LogP contribution is 2.34. The molecule has 0 aliphatic rings. The lowest BCUT2D eigenvalue weighted by atomic mass is 10.3. The number of amides is 1. The number of rotatable bonds is 4. The van der Waals surface area contributed by atoms with Gasteiger partial charge in [0.25, 0.3) is 5.91 Å². The Balaban J connectivity index is 4.04. The van der Waals surface area contributed by atoms with Gasteiger partial charge in [0.1, 0.15) is 6.16 Å². The lowest BCUT2D eigenvalue weighted by Gasteiger charge is -2.07. The van der Waals surface area contributed by atoms with Crippen molar-refractivity contribution in [3.05, 3.63) is 0 Å². The van der Waals surface area contributed by atoms with Gasteiger partial charge in [-0.05, 0) is 0 Å². The van der Waals surface area contributed by atoms with Crippen molar-refractivity contribution in [3.63, 3.8) is 0 Å². The van der Waals surface area contributed by atoms with Crippen molar-refractivity contribution in [2.24, 2.45) is 0 Å². The van der Waals surface area contributed by atoms with Gasteiger partial charge >= 0.3 is 7.60 Å². The van der Waals surface area contributed by atoms with Crippen molar-refractivity contribution < 1.29 is 29.1 Å². The molecule has 3 N–H and O–H groups in total. The van der Waals surface area contributed by atoms with E-state index in [-0.39, 0.29) is 5.06 Å². The van der Waals surface area contributed by atoms with Gasteiger partial charge in [-0.25, -0.2) is 5.06 Å².